The minimum Gasteiger partial charge on any atom is -0.383 e. The number of anilines is 1. The van der Waals surface area contributed by atoms with Gasteiger partial charge in [0.2, 0.25) is 5.91 Å². The van der Waals surface area contributed by atoms with Crippen LogP contribution in [0.1, 0.15) is 18.3 Å². The van der Waals surface area contributed by atoms with E-state index in [1.165, 1.54) is 17.6 Å². The van der Waals surface area contributed by atoms with E-state index < -0.39 is 11.2 Å². The normalized spacial score (nSPS) is 11.0. The van der Waals surface area contributed by atoms with Gasteiger partial charge in [-0.3, -0.25) is 18.7 Å². The molecule has 2 N–H and O–H groups in total. The second-order valence-corrected chi connectivity index (χ2v) is 6.57. The van der Waals surface area contributed by atoms with Gasteiger partial charge in [0.1, 0.15) is 11.3 Å². The van der Waals surface area contributed by atoms with Gasteiger partial charge in [-0.1, -0.05) is 18.2 Å². The first kappa shape index (κ1) is 20.3. The molecule has 29 heavy (non-hydrogen) atoms. The van der Waals surface area contributed by atoms with Crippen molar-refractivity contribution >= 4 is 22.8 Å². The molecule has 3 rings (SSSR count). The summed E-state index contributed by atoms with van der Waals surface area (Å²) in [7, 11) is 1.54. The zero-order chi connectivity index (χ0) is 21.0. The lowest BCUT2D eigenvalue weighted by Crippen LogP contribution is -2.40. The second kappa shape index (κ2) is 8.70. The third-order valence-electron chi connectivity index (χ3n) is 4.39. The lowest BCUT2D eigenvalue weighted by Gasteiger charge is -2.09. The summed E-state index contributed by atoms with van der Waals surface area (Å²) in [6, 6.07) is 7.33. The highest BCUT2D eigenvalue weighted by molar-refractivity contribution is 5.88. The monoisotopic (exact) mass is 397 g/mol. The number of nitrogens with zero attached hydrogens (tertiary/aromatic N) is 3. The van der Waals surface area contributed by atoms with Crippen LogP contribution in [0.5, 0.6) is 0 Å². The van der Waals surface area contributed by atoms with E-state index in [1.54, 1.807) is 19.2 Å². The zero-order valence-corrected chi connectivity index (χ0v) is 16.4. The summed E-state index contributed by atoms with van der Waals surface area (Å²) in [5, 5.41) is 2.71. The number of carbonyl (C=O) groups is 1. The number of methoxy groups -OCH3 is 1. The van der Waals surface area contributed by atoms with E-state index >= 15 is 0 Å². The van der Waals surface area contributed by atoms with Crippen molar-refractivity contribution in [2.45, 2.75) is 26.4 Å². The van der Waals surface area contributed by atoms with Crippen molar-refractivity contribution in [3.8, 4) is 0 Å². The maximum absolute atomic E-state index is 12.7. The van der Waals surface area contributed by atoms with Crippen LogP contribution in [-0.2, 0) is 29.0 Å². The Morgan fingerprint density at radius 1 is 1.28 bits per heavy atom. The summed E-state index contributed by atoms with van der Waals surface area (Å²) < 4.78 is 7.64. The Balaban J connectivity index is 2.01. The van der Waals surface area contributed by atoms with Gasteiger partial charge in [0.15, 0.2) is 5.65 Å². The lowest BCUT2D eigenvalue weighted by atomic mass is 10.1. The highest BCUT2D eigenvalue weighted by Crippen LogP contribution is 2.14. The number of allylic oxidation sites excluding steroid dienone is 1. The predicted molar refractivity (Wildman–Crippen MR) is 110 cm³/mol. The molecule has 0 unspecified atom stereocenters. The molecule has 0 radical (unpaired) electrons. The first-order valence-electron chi connectivity index (χ1n) is 9.13. The van der Waals surface area contributed by atoms with Crippen LogP contribution < -0.4 is 16.6 Å². The number of benzene rings is 1. The van der Waals surface area contributed by atoms with E-state index in [2.05, 4.69) is 21.9 Å². The van der Waals surface area contributed by atoms with E-state index in [0.717, 1.165) is 10.1 Å². The van der Waals surface area contributed by atoms with Crippen molar-refractivity contribution in [3.63, 3.8) is 0 Å². The second-order valence-electron chi connectivity index (χ2n) is 6.57. The first-order valence-corrected chi connectivity index (χ1v) is 9.13. The van der Waals surface area contributed by atoms with Crippen LogP contribution >= 0.6 is 0 Å². The topological polar surface area (TPSA) is 111 Å². The fraction of sp³-hybridized carbons (Fsp3) is 0.300. The van der Waals surface area contributed by atoms with Gasteiger partial charge in [0, 0.05) is 32.7 Å². The Bertz CT molecular complexity index is 1150. The summed E-state index contributed by atoms with van der Waals surface area (Å²) in [5.74, 6) is 0.422. The van der Waals surface area contributed by atoms with Gasteiger partial charge in [0.25, 0.3) is 5.56 Å². The summed E-state index contributed by atoms with van der Waals surface area (Å²) >= 11 is 0. The molecule has 1 amide bonds. The number of hydrogen-bond donors (Lipinski definition) is 2. The molecule has 1 aromatic carbocycles. The van der Waals surface area contributed by atoms with E-state index in [0.29, 0.717) is 30.2 Å². The van der Waals surface area contributed by atoms with E-state index in [-0.39, 0.29) is 24.5 Å². The molecule has 9 nitrogen and oxygen atoms in total. The highest BCUT2D eigenvalue weighted by atomic mass is 16.5. The average Bonchev–Trinajstić information content (AvgIpc) is 3.10. The maximum Gasteiger partial charge on any atom is 0.333 e. The van der Waals surface area contributed by atoms with Crippen molar-refractivity contribution in [1.29, 1.82) is 0 Å². The molecule has 0 aliphatic carbocycles. The van der Waals surface area contributed by atoms with Gasteiger partial charge < -0.3 is 15.0 Å². The summed E-state index contributed by atoms with van der Waals surface area (Å²) in [5.41, 5.74) is 1.34. The Kier molecular flexibility index (Phi) is 6.08. The highest BCUT2D eigenvalue weighted by Gasteiger charge is 2.17. The van der Waals surface area contributed by atoms with Gasteiger partial charge in [-0.05, 0) is 17.7 Å². The number of imidazole rings is 1. The number of H-pyrrole nitrogens is 1. The molecule has 152 valence electrons. The van der Waals surface area contributed by atoms with E-state index in [4.69, 9.17) is 4.74 Å². The minimum atomic E-state index is -0.447. The summed E-state index contributed by atoms with van der Waals surface area (Å²) in [4.78, 5) is 44.1. The quantitative estimate of drug-likeness (QED) is 0.556. The number of aromatic amines is 1. The van der Waals surface area contributed by atoms with Crippen molar-refractivity contribution in [1.82, 2.24) is 19.1 Å². The number of hydrogen-bond acceptors (Lipinski definition) is 5. The molecule has 2 heterocycles. The molecular formula is C20H23N5O4. The Labute approximate surface area is 166 Å². The van der Waals surface area contributed by atoms with Crippen molar-refractivity contribution in [2.24, 2.45) is 0 Å². The van der Waals surface area contributed by atoms with Gasteiger partial charge in [0.05, 0.1) is 13.2 Å². The van der Waals surface area contributed by atoms with Crippen molar-refractivity contribution < 1.29 is 9.53 Å². The van der Waals surface area contributed by atoms with Crippen LogP contribution in [-0.4, -0.2) is 38.7 Å². The Morgan fingerprint density at radius 3 is 2.62 bits per heavy atom. The van der Waals surface area contributed by atoms with Crippen LogP contribution in [0.4, 0.5) is 5.69 Å². The van der Waals surface area contributed by atoms with Crippen LogP contribution in [0.15, 0.2) is 46.5 Å². The molecule has 0 aliphatic rings. The molecule has 2 aromatic heterocycles. The SMILES string of the molecule is C=CCn1c(=O)c2[nH]c(Cc3ccc(NC(C)=O)cc3)nc2n(CCOC)c1=O. The standard InChI is InChI=1S/C20H23N5O4/c1-4-9-25-19(27)17-18(24(20(25)28)10-11-29-3)23-16(22-17)12-14-5-7-15(8-6-14)21-13(2)26/h4-8H,1,9-12H2,2-3H3,(H,21,26)(H,22,23). The zero-order valence-electron chi connectivity index (χ0n) is 16.4. The smallest absolute Gasteiger partial charge is 0.333 e. The molecule has 0 bridgehead atoms. The molecule has 3 aromatic rings. The van der Waals surface area contributed by atoms with Gasteiger partial charge >= 0.3 is 5.69 Å². The Morgan fingerprint density at radius 2 is 2.00 bits per heavy atom. The number of carbonyl (C=O) groups excluding carboxylic acids is 1. The molecular weight excluding hydrogens is 374 g/mol. The number of amides is 1. The number of fused-ring (bicyclic) bond motifs is 1. The number of ether oxygens (including phenoxy) is 1. The molecule has 0 spiro atoms. The molecule has 0 aliphatic heterocycles. The Hall–Kier alpha value is -3.46. The van der Waals surface area contributed by atoms with Gasteiger partial charge in [-0.15, -0.1) is 6.58 Å². The van der Waals surface area contributed by atoms with Gasteiger partial charge in [-0.25, -0.2) is 9.78 Å². The van der Waals surface area contributed by atoms with Crippen LogP contribution in [0, 0.1) is 0 Å². The largest absolute Gasteiger partial charge is 0.383 e. The van der Waals surface area contributed by atoms with Crippen LogP contribution in [0.3, 0.4) is 0 Å². The molecule has 0 saturated carbocycles. The van der Waals surface area contributed by atoms with Crippen molar-refractivity contribution in [2.75, 3.05) is 19.0 Å². The minimum absolute atomic E-state index is 0.111. The number of rotatable bonds is 8. The lowest BCUT2D eigenvalue weighted by molar-refractivity contribution is -0.114. The average molecular weight is 397 g/mol. The number of nitrogens with one attached hydrogen (secondary N) is 2. The molecule has 0 atom stereocenters. The molecule has 9 heteroatoms. The fourth-order valence-electron chi connectivity index (χ4n) is 3.07. The maximum atomic E-state index is 12.7. The fourth-order valence-corrected chi connectivity index (χ4v) is 3.07. The molecule has 0 saturated heterocycles. The molecule has 0 fully saturated rings. The summed E-state index contributed by atoms with van der Waals surface area (Å²) in [6.07, 6.45) is 1.94. The summed E-state index contributed by atoms with van der Waals surface area (Å²) in [6.45, 7) is 5.76. The first-order chi connectivity index (χ1) is 13.9. The van der Waals surface area contributed by atoms with Gasteiger partial charge in [-0.2, -0.15) is 0 Å². The third-order valence-corrected chi connectivity index (χ3v) is 4.39. The van der Waals surface area contributed by atoms with E-state index in [9.17, 15) is 14.4 Å². The predicted octanol–water partition coefficient (Wildman–Crippen LogP) is 1.27. The van der Waals surface area contributed by atoms with E-state index in [1.807, 2.05) is 12.1 Å². The van der Waals surface area contributed by atoms with Crippen LogP contribution in [0.25, 0.3) is 11.2 Å². The van der Waals surface area contributed by atoms with Crippen LogP contribution in [0.2, 0.25) is 0 Å². The van der Waals surface area contributed by atoms with Crippen molar-refractivity contribution in [3.05, 3.63) is 69.1 Å². The number of aromatic nitrogens is 4. The third kappa shape index (κ3) is 4.35.